The number of Topliss-reactive ketones (excluding diaryl/α,β-unsaturated/α-hetero) is 1. The Balaban J connectivity index is 1.35. The first-order valence-electron chi connectivity index (χ1n) is 17.6. The molecule has 4 aromatic rings. The molecular formula is C40H46ClN5O4. The molecule has 10 heteroatoms. The number of rotatable bonds is 12. The van der Waals surface area contributed by atoms with E-state index in [1.54, 1.807) is 14.7 Å². The van der Waals surface area contributed by atoms with Gasteiger partial charge in [-0.05, 0) is 60.6 Å². The van der Waals surface area contributed by atoms with Crippen molar-refractivity contribution in [1.82, 2.24) is 25.0 Å². The Bertz CT molecular complexity index is 1820. The molecule has 0 spiro atoms. The summed E-state index contributed by atoms with van der Waals surface area (Å²) in [5, 5.41) is 4.99. The number of nitrogens with one attached hydrogen (secondary N) is 2. The number of H-pyrrole nitrogens is 1. The Morgan fingerprint density at radius 3 is 2.22 bits per heavy atom. The van der Waals surface area contributed by atoms with Gasteiger partial charge in [-0.3, -0.25) is 19.2 Å². The minimum absolute atomic E-state index is 0.0550. The number of nitrogens with zero attached hydrogens (tertiary/aromatic N) is 3. The third-order valence-electron chi connectivity index (χ3n) is 10.0. The molecular weight excluding hydrogens is 650 g/mol. The van der Waals surface area contributed by atoms with Crippen LogP contribution in [0.1, 0.15) is 43.9 Å². The number of hydrogen-bond acceptors (Lipinski definition) is 5. The number of hydrogen-bond donors (Lipinski definition) is 2. The topological polar surface area (TPSA) is 106 Å². The van der Waals surface area contributed by atoms with Gasteiger partial charge in [0.05, 0.1) is 12.1 Å². The van der Waals surface area contributed by atoms with Crippen molar-refractivity contribution >= 4 is 46.0 Å². The normalized spacial score (nSPS) is 19.7. The van der Waals surface area contributed by atoms with Crippen molar-refractivity contribution in [3.8, 4) is 0 Å². The van der Waals surface area contributed by atoms with Crippen molar-refractivity contribution in [3.05, 3.63) is 107 Å². The minimum Gasteiger partial charge on any atom is -0.361 e. The third kappa shape index (κ3) is 7.79. The van der Waals surface area contributed by atoms with Crippen molar-refractivity contribution in [1.29, 1.82) is 0 Å². The van der Waals surface area contributed by atoms with Gasteiger partial charge in [0.1, 0.15) is 12.1 Å². The predicted molar refractivity (Wildman–Crippen MR) is 196 cm³/mol. The molecule has 9 nitrogen and oxygen atoms in total. The summed E-state index contributed by atoms with van der Waals surface area (Å²) < 4.78 is 0. The highest BCUT2D eigenvalue weighted by Crippen LogP contribution is 2.27. The summed E-state index contributed by atoms with van der Waals surface area (Å²) >= 11 is 6.12. The Labute approximate surface area is 299 Å². The fraction of sp³-hybridized carbons (Fsp3) is 0.400. The highest BCUT2D eigenvalue weighted by atomic mass is 35.5. The van der Waals surface area contributed by atoms with Crippen molar-refractivity contribution < 1.29 is 19.2 Å². The summed E-state index contributed by atoms with van der Waals surface area (Å²) in [7, 11) is 0. The number of benzene rings is 3. The molecule has 0 bridgehead atoms. The summed E-state index contributed by atoms with van der Waals surface area (Å²) in [5.74, 6) is -0.479. The maximum atomic E-state index is 15.1. The first kappa shape index (κ1) is 35.4. The lowest BCUT2D eigenvalue weighted by Crippen LogP contribution is -2.67. The lowest BCUT2D eigenvalue weighted by atomic mass is 9.93. The van der Waals surface area contributed by atoms with Crippen LogP contribution in [-0.2, 0) is 38.4 Å². The SMILES string of the molecule is CC(=O)[C@H](CC(C)C)N1CCN(C(=O)[C@H](Cc2c[nH]c3ccccc23)N2CCN[C@@H](Cc3ccc(Cl)cc3)C2=O)[C@@H](Cc2ccccc2)C1=O. The third-order valence-corrected chi connectivity index (χ3v) is 10.3. The quantitative estimate of drug-likeness (QED) is 0.216. The van der Waals surface area contributed by atoms with Crippen molar-refractivity contribution in [2.45, 2.75) is 70.6 Å². The second-order valence-corrected chi connectivity index (χ2v) is 14.4. The molecule has 2 aliphatic heterocycles. The van der Waals surface area contributed by atoms with E-state index < -0.39 is 24.2 Å². The molecule has 2 N–H and O–H groups in total. The van der Waals surface area contributed by atoms with Crippen LogP contribution < -0.4 is 5.32 Å². The number of aromatic amines is 1. The van der Waals surface area contributed by atoms with Gasteiger partial charge in [0.25, 0.3) is 0 Å². The maximum absolute atomic E-state index is 15.1. The summed E-state index contributed by atoms with van der Waals surface area (Å²) in [5.41, 5.74) is 3.76. The smallest absolute Gasteiger partial charge is 0.246 e. The molecule has 3 aromatic carbocycles. The van der Waals surface area contributed by atoms with Gasteiger partial charge in [-0.15, -0.1) is 0 Å². The van der Waals surface area contributed by atoms with Gasteiger partial charge in [0.15, 0.2) is 5.78 Å². The minimum atomic E-state index is -0.839. The standard InChI is InChI=1S/C40H46ClN5O4/c1-26(2)21-35(27(3)47)45-19-20-46(36(39(45)49)23-28-9-5-4-6-10-28)40(50)37(24-30-25-43-33-12-8-7-11-32(30)33)44-18-17-42-34(38(44)48)22-29-13-15-31(41)16-14-29/h4-16,25-26,34-37,42-43H,17-24H2,1-3H3/t34-,35-,36-,37-/m0/s1. The molecule has 0 aliphatic carbocycles. The number of carbonyl (C=O) groups excluding carboxylic acids is 4. The molecule has 3 amide bonds. The number of piperazine rings is 2. The average Bonchev–Trinajstić information content (AvgIpc) is 3.52. The second-order valence-electron chi connectivity index (χ2n) is 14.0. The Hall–Kier alpha value is -4.47. The second kappa shape index (κ2) is 15.6. The molecule has 4 atom stereocenters. The van der Waals surface area contributed by atoms with Crippen LogP contribution in [0.15, 0.2) is 85.1 Å². The number of carbonyl (C=O) groups is 4. The average molecular weight is 696 g/mol. The van der Waals surface area contributed by atoms with Crippen LogP contribution in [0.4, 0.5) is 0 Å². The van der Waals surface area contributed by atoms with Crippen LogP contribution in [0.2, 0.25) is 5.02 Å². The van der Waals surface area contributed by atoms with Gasteiger partial charge < -0.3 is 25.0 Å². The van der Waals surface area contributed by atoms with Crippen LogP contribution in [0, 0.1) is 5.92 Å². The van der Waals surface area contributed by atoms with E-state index in [1.807, 2.05) is 98.9 Å². The number of fused-ring (bicyclic) bond motifs is 1. The van der Waals surface area contributed by atoms with Crippen LogP contribution >= 0.6 is 11.6 Å². The highest BCUT2D eigenvalue weighted by Gasteiger charge is 2.45. The van der Waals surface area contributed by atoms with Crippen LogP contribution in [0.5, 0.6) is 0 Å². The highest BCUT2D eigenvalue weighted by molar-refractivity contribution is 6.30. The molecule has 50 heavy (non-hydrogen) atoms. The molecule has 262 valence electrons. The van der Waals surface area contributed by atoms with Crippen molar-refractivity contribution in [2.75, 3.05) is 26.2 Å². The van der Waals surface area contributed by atoms with Crippen LogP contribution in [-0.4, -0.2) is 93.5 Å². The van der Waals surface area contributed by atoms with E-state index in [-0.39, 0.29) is 48.9 Å². The molecule has 2 aliphatic rings. The lowest BCUT2D eigenvalue weighted by molar-refractivity contribution is -0.160. The molecule has 0 saturated carbocycles. The Morgan fingerprint density at radius 1 is 0.820 bits per heavy atom. The summed E-state index contributed by atoms with van der Waals surface area (Å²) in [6, 6.07) is 22.3. The fourth-order valence-electron chi connectivity index (χ4n) is 7.49. The van der Waals surface area contributed by atoms with Gasteiger partial charge in [0.2, 0.25) is 17.7 Å². The van der Waals surface area contributed by atoms with E-state index in [1.165, 1.54) is 6.92 Å². The van der Waals surface area contributed by atoms with E-state index in [0.717, 1.165) is 27.6 Å². The van der Waals surface area contributed by atoms with Crippen molar-refractivity contribution in [3.63, 3.8) is 0 Å². The molecule has 2 saturated heterocycles. The van der Waals surface area contributed by atoms with E-state index in [9.17, 15) is 14.4 Å². The molecule has 2 fully saturated rings. The largest absolute Gasteiger partial charge is 0.361 e. The number of aromatic nitrogens is 1. The van der Waals surface area contributed by atoms with Gasteiger partial charge >= 0.3 is 0 Å². The first-order chi connectivity index (χ1) is 24.1. The van der Waals surface area contributed by atoms with Crippen LogP contribution in [0.25, 0.3) is 10.9 Å². The van der Waals surface area contributed by atoms with Crippen LogP contribution in [0.3, 0.4) is 0 Å². The van der Waals surface area contributed by atoms with E-state index in [2.05, 4.69) is 10.3 Å². The molecule has 3 heterocycles. The lowest BCUT2D eigenvalue weighted by Gasteiger charge is -2.46. The van der Waals surface area contributed by atoms with E-state index in [0.29, 0.717) is 37.4 Å². The molecule has 1 aromatic heterocycles. The number of amides is 3. The summed E-state index contributed by atoms with van der Waals surface area (Å²) in [6.45, 7) is 7.02. The van der Waals surface area contributed by atoms with Gasteiger partial charge in [0, 0.05) is 61.1 Å². The zero-order valence-corrected chi connectivity index (χ0v) is 29.7. The monoisotopic (exact) mass is 695 g/mol. The Kier molecular flexibility index (Phi) is 11.0. The molecule has 0 unspecified atom stereocenters. The maximum Gasteiger partial charge on any atom is 0.246 e. The Morgan fingerprint density at radius 2 is 1.50 bits per heavy atom. The first-order valence-corrected chi connectivity index (χ1v) is 18.0. The molecule has 0 radical (unpaired) electrons. The molecule has 6 rings (SSSR count). The zero-order chi connectivity index (χ0) is 35.4. The summed E-state index contributed by atoms with van der Waals surface area (Å²) in [6.07, 6.45) is 3.52. The summed E-state index contributed by atoms with van der Waals surface area (Å²) in [4.78, 5) is 65.2. The predicted octanol–water partition coefficient (Wildman–Crippen LogP) is 5.06. The van der Waals surface area contributed by atoms with E-state index in [4.69, 9.17) is 11.6 Å². The number of ketones is 1. The number of para-hydroxylation sites is 1. The number of halogens is 1. The fourth-order valence-corrected chi connectivity index (χ4v) is 7.61. The van der Waals surface area contributed by atoms with E-state index >= 15 is 4.79 Å². The van der Waals surface area contributed by atoms with Gasteiger partial charge in [-0.1, -0.05) is 86.1 Å². The van der Waals surface area contributed by atoms with Crippen molar-refractivity contribution in [2.24, 2.45) is 5.92 Å². The van der Waals surface area contributed by atoms with Gasteiger partial charge in [-0.2, -0.15) is 0 Å². The van der Waals surface area contributed by atoms with Gasteiger partial charge in [-0.25, -0.2) is 0 Å². The zero-order valence-electron chi connectivity index (χ0n) is 29.0.